The number of hydrogen-bond donors (Lipinski definition) is 1. The van der Waals surface area contributed by atoms with Gasteiger partial charge < -0.3 is 10.0 Å². The van der Waals surface area contributed by atoms with Crippen LogP contribution in [0.2, 0.25) is 5.02 Å². The molecule has 2 heterocycles. The molecule has 3 rings (SSSR count). The molecule has 7 heteroatoms. The third-order valence-corrected chi connectivity index (χ3v) is 4.24. The first-order chi connectivity index (χ1) is 10.5. The number of hydrogen-bond acceptors (Lipinski definition) is 4. The third kappa shape index (κ3) is 2.60. The number of aliphatic hydroxyl groups excluding tert-OH is 1. The second-order valence-electron chi connectivity index (χ2n) is 5.39. The number of aromatic nitrogens is 2. The first kappa shape index (κ1) is 15.0. The normalized spacial score (nSPS) is 21.4. The topological polar surface area (TPSA) is 58.4 Å². The Morgan fingerprint density at radius 2 is 2.23 bits per heavy atom. The zero-order chi connectivity index (χ0) is 15.9. The van der Waals surface area contributed by atoms with Gasteiger partial charge in [-0.2, -0.15) is 5.10 Å². The smallest absolute Gasteiger partial charge is 0.287 e. The van der Waals surface area contributed by atoms with Gasteiger partial charge in [-0.1, -0.05) is 23.7 Å². The quantitative estimate of drug-likeness (QED) is 0.917. The van der Waals surface area contributed by atoms with Crippen LogP contribution in [0.5, 0.6) is 0 Å². The molecule has 0 amide bonds. The van der Waals surface area contributed by atoms with Crippen molar-refractivity contribution >= 4 is 17.3 Å². The van der Waals surface area contributed by atoms with Crippen LogP contribution >= 0.6 is 11.6 Å². The van der Waals surface area contributed by atoms with Gasteiger partial charge in [0.2, 0.25) is 0 Å². The molecule has 1 aromatic carbocycles. The standard InChI is InChI=1S/C15H15ClFN3O2/c1-19-15(22)14(16)13(7-18-19)20-8-11(21)6-12(20)9-3-2-4-10(17)5-9/h2-5,7,11-12,21H,6,8H2,1H3/t11-,12+/m1/s1. The summed E-state index contributed by atoms with van der Waals surface area (Å²) >= 11 is 6.14. The summed E-state index contributed by atoms with van der Waals surface area (Å²) < 4.78 is 14.6. The van der Waals surface area contributed by atoms with Gasteiger partial charge in [-0.25, -0.2) is 9.07 Å². The third-order valence-electron chi connectivity index (χ3n) is 3.88. The molecule has 1 fully saturated rings. The van der Waals surface area contributed by atoms with E-state index in [1.165, 1.54) is 25.4 Å². The fourth-order valence-corrected chi connectivity index (χ4v) is 3.09. The molecule has 0 saturated carbocycles. The minimum atomic E-state index is -0.576. The van der Waals surface area contributed by atoms with E-state index in [0.29, 0.717) is 18.7 Å². The maximum atomic E-state index is 13.5. The predicted octanol–water partition coefficient (Wildman–Crippen LogP) is 1.89. The number of nitrogens with zero attached hydrogens (tertiary/aromatic N) is 3. The van der Waals surface area contributed by atoms with Gasteiger partial charge in [-0.15, -0.1) is 0 Å². The van der Waals surface area contributed by atoms with Crippen molar-refractivity contribution in [1.82, 2.24) is 9.78 Å². The summed E-state index contributed by atoms with van der Waals surface area (Å²) in [6, 6.07) is 5.96. The predicted molar refractivity (Wildman–Crippen MR) is 81.6 cm³/mol. The Balaban J connectivity index is 2.05. The Morgan fingerprint density at radius 3 is 2.95 bits per heavy atom. The summed E-state index contributed by atoms with van der Waals surface area (Å²) in [7, 11) is 1.51. The molecular formula is C15H15ClFN3O2. The number of β-amino-alcohol motifs (C(OH)–C–C–N with tert-alkyl or cyclic N) is 1. The Bertz CT molecular complexity index is 765. The molecule has 22 heavy (non-hydrogen) atoms. The minimum absolute atomic E-state index is 0.0491. The first-order valence-corrected chi connectivity index (χ1v) is 7.27. The summed E-state index contributed by atoms with van der Waals surface area (Å²) in [6.45, 7) is 0.315. The largest absolute Gasteiger partial charge is 0.391 e. The highest BCUT2D eigenvalue weighted by Crippen LogP contribution is 2.38. The van der Waals surface area contributed by atoms with E-state index in [-0.39, 0.29) is 16.9 Å². The van der Waals surface area contributed by atoms with Crippen molar-refractivity contribution in [1.29, 1.82) is 0 Å². The van der Waals surface area contributed by atoms with Crippen LogP contribution < -0.4 is 10.5 Å². The Kier molecular flexibility index (Phi) is 3.88. The van der Waals surface area contributed by atoms with Crippen LogP contribution in [0.15, 0.2) is 35.3 Å². The molecule has 116 valence electrons. The number of aryl methyl sites for hydroxylation is 1. The molecule has 1 saturated heterocycles. The molecule has 1 aliphatic rings. The van der Waals surface area contributed by atoms with Gasteiger partial charge in [-0.05, 0) is 24.1 Å². The Hall–Kier alpha value is -1.92. The molecule has 1 aromatic heterocycles. The van der Waals surface area contributed by atoms with Crippen LogP contribution in [0.4, 0.5) is 10.1 Å². The molecule has 2 atom stereocenters. The van der Waals surface area contributed by atoms with Crippen LogP contribution in [0.1, 0.15) is 18.0 Å². The second kappa shape index (κ2) is 5.70. The Labute approximate surface area is 131 Å². The van der Waals surface area contributed by atoms with E-state index in [9.17, 15) is 14.3 Å². The van der Waals surface area contributed by atoms with Crippen LogP contribution in [-0.2, 0) is 7.05 Å². The molecule has 0 radical (unpaired) electrons. The maximum absolute atomic E-state index is 13.5. The van der Waals surface area contributed by atoms with Crippen molar-refractivity contribution in [2.24, 2.45) is 7.05 Å². The van der Waals surface area contributed by atoms with Crippen LogP contribution in [0.25, 0.3) is 0 Å². The number of anilines is 1. The fourth-order valence-electron chi connectivity index (χ4n) is 2.81. The van der Waals surface area contributed by atoms with Gasteiger partial charge in [0.05, 0.1) is 24.0 Å². The fraction of sp³-hybridized carbons (Fsp3) is 0.333. The molecule has 0 unspecified atom stereocenters. The lowest BCUT2D eigenvalue weighted by atomic mass is 10.0. The number of benzene rings is 1. The van der Waals surface area contributed by atoms with Gasteiger partial charge in [0, 0.05) is 13.6 Å². The van der Waals surface area contributed by atoms with Gasteiger partial charge >= 0.3 is 0 Å². The van der Waals surface area contributed by atoms with E-state index in [1.54, 1.807) is 17.0 Å². The highest BCUT2D eigenvalue weighted by Gasteiger charge is 2.34. The van der Waals surface area contributed by atoms with Gasteiger partial charge in [0.15, 0.2) is 0 Å². The van der Waals surface area contributed by atoms with Crippen molar-refractivity contribution in [3.63, 3.8) is 0 Å². The molecule has 5 nitrogen and oxygen atoms in total. The van der Waals surface area contributed by atoms with Crippen LogP contribution in [-0.4, -0.2) is 27.5 Å². The number of rotatable bonds is 2. The summed E-state index contributed by atoms with van der Waals surface area (Å²) in [5, 5.41) is 14.0. The van der Waals surface area contributed by atoms with Gasteiger partial charge in [0.1, 0.15) is 10.8 Å². The molecule has 1 aliphatic heterocycles. The highest BCUT2D eigenvalue weighted by molar-refractivity contribution is 6.33. The van der Waals surface area contributed by atoms with Crippen molar-refractivity contribution in [3.8, 4) is 0 Å². The van der Waals surface area contributed by atoms with E-state index in [1.807, 2.05) is 0 Å². The van der Waals surface area contributed by atoms with Gasteiger partial charge in [-0.3, -0.25) is 4.79 Å². The first-order valence-electron chi connectivity index (χ1n) is 6.89. The van der Waals surface area contributed by atoms with Crippen molar-refractivity contribution < 1.29 is 9.50 Å². The molecule has 1 N–H and O–H groups in total. The van der Waals surface area contributed by atoms with Crippen molar-refractivity contribution in [3.05, 3.63) is 57.2 Å². The van der Waals surface area contributed by atoms with Crippen LogP contribution in [0.3, 0.4) is 0 Å². The van der Waals surface area contributed by atoms with E-state index in [0.717, 1.165) is 10.2 Å². The van der Waals surface area contributed by atoms with Crippen molar-refractivity contribution in [2.75, 3.05) is 11.4 Å². The average Bonchev–Trinajstić information content (AvgIpc) is 2.87. The average molecular weight is 324 g/mol. The van der Waals surface area contributed by atoms with Crippen LogP contribution in [0, 0.1) is 5.82 Å². The monoisotopic (exact) mass is 323 g/mol. The minimum Gasteiger partial charge on any atom is -0.391 e. The van der Waals surface area contributed by atoms with E-state index < -0.39 is 11.7 Å². The second-order valence-corrected chi connectivity index (χ2v) is 5.76. The lowest BCUT2D eigenvalue weighted by Gasteiger charge is -2.27. The molecule has 0 aliphatic carbocycles. The molecule has 2 aromatic rings. The summed E-state index contributed by atoms with van der Waals surface area (Å²) in [5.41, 5.74) is 0.780. The number of aliphatic hydroxyl groups is 1. The SMILES string of the molecule is Cn1ncc(N2C[C@H](O)C[C@H]2c2cccc(F)c2)c(Cl)c1=O. The summed E-state index contributed by atoms with van der Waals surface area (Å²) in [6.07, 6.45) is 1.36. The highest BCUT2D eigenvalue weighted by atomic mass is 35.5. The molecule has 0 bridgehead atoms. The zero-order valence-electron chi connectivity index (χ0n) is 11.9. The van der Waals surface area contributed by atoms with Gasteiger partial charge in [0.25, 0.3) is 5.56 Å². The lowest BCUT2D eigenvalue weighted by molar-refractivity contribution is 0.194. The maximum Gasteiger partial charge on any atom is 0.287 e. The molecular weight excluding hydrogens is 309 g/mol. The summed E-state index contributed by atoms with van der Waals surface area (Å²) in [5.74, 6) is -0.341. The molecule has 0 spiro atoms. The van der Waals surface area contributed by atoms with E-state index in [2.05, 4.69) is 5.10 Å². The van der Waals surface area contributed by atoms with E-state index in [4.69, 9.17) is 11.6 Å². The van der Waals surface area contributed by atoms with Crippen molar-refractivity contribution in [2.45, 2.75) is 18.6 Å². The summed E-state index contributed by atoms with van der Waals surface area (Å²) in [4.78, 5) is 13.7. The Morgan fingerprint density at radius 1 is 1.45 bits per heavy atom. The van der Waals surface area contributed by atoms with E-state index >= 15 is 0 Å². The zero-order valence-corrected chi connectivity index (χ0v) is 12.7. The number of halogens is 2. The lowest BCUT2D eigenvalue weighted by Crippen LogP contribution is -2.29.